The molecule has 0 aliphatic heterocycles. The van der Waals surface area contributed by atoms with E-state index in [1.807, 2.05) is 16.7 Å². The van der Waals surface area contributed by atoms with Gasteiger partial charge in [0.15, 0.2) is 10.6 Å². The average Bonchev–Trinajstić information content (AvgIpc) is 2.77. The van der Waals surface area contributed by atoms with Crippen molar-refractivity contribution in [1.29, 1.82) is 0 Å². The van der Waals surface area contributed by atoms with Crippen LogP contribution in [0.15, 0.2) is 24.5 Å². The van der Waals surface area contributed by atoms with Gasteiger partial charge in [-0.05, 0) is 37.2 Å². The highest BCUT2D eigenvalue weighted by Gasteiger charge is 2.08. The molecule has 0 spiro atoms. The second kappa shape index (κ2) is 6.24. The van der Waals surface area contributed by atoms with Gasteiger partial charge in [-0.3, -0.25) is 14.9 Å². The van der Waals surface area contributed by atoms with Gasteiger partial charge in [-0.2, -0.15) is 5.10 Å². The molecule has 0 atom stereocenters. The third kappa shape index (κ3) is 3.47. The lowest BCUT2D eigenvalue weighted by Crippen LogP contribution is -2.10. The monoisotopic (exact) mass is 277 g/mol. The van der Waals surface area contributed by atoms with Crippen LogP contribution in [0.2, 0.25) is 0 Å². The van der Waals surface area contributed by atoms with Gasteiger partial charge >= 0.3 is 0 Å². The lowest BCUT2D eigenvalue weighted by Gasteiger charge is -2.06. The van der Waals surface area contributed by atoms with Crippen LogP contribution >= 0.6 is 12.2 Å². The summed E-state index contributed by atoms with van der Waals surface area (Å²) in [6.07, 6.45) is 5.40. The second-order valence-electron chi connectivity index (χ2n) is 4.16. The third-order valence-corrected chi connectivity index (χ3v) is 3.06. The molecule has 0 saturated carbocycles. The molecule has 19 heavy (non-hydrogen) atoms. The zero-order valence-corrected chi connectivity index (χ0v) is 11.2. The minimum absolute atomic E-state index is 0.273. The van der Waals surface area contributed by atoms with Crippen LogP contribution < -0.4 is 5.73 Å². The SMILES string of the molecule is NC(=O)CCCCn1c(-c2ccncc2)n[nH]c1=S. The van der Waals surface area contributed by atoms with E-state index >= 15 is 0 Å². The molecule has 0 aromatic carbocycles. The maximum absolute atomic E-state index is 10.7. The van der Waals surface area contributed by atoms with E-state index in [-0.39, 0.29) is 5.91 Å². The Kier molecular flexibility index (Phi) is 4.40. The van der Waals surface area contributed by atoms with Crippen molar-refractivity contribution in [3.8, 4) is 11.4 Å². The molecular weight excluding hydrogens is 262 g/mol. The number of rotatable bonds is 6. The van der Waals surface area contributed by atoms with Gasteiger partial charge in [-0.1, -0.05) is 0 Å². The normalized spacial score (nSPS) is 10.5. The number of nitrogens with one attached hydrogen (secondary N) is 1. The summed E-state index contributed by atoms with van der Waals surface area (Å²) in [5.74, 6) is 0.511. The number of aromatic nitrogens is 4. The van der Waals surface area contributed by atoms with Crippen LogP contribution in [0.1, 0.15) is 19.3 Å². The Bertz CT molecular complexity index is 604. The van der Waals surface area contributed by atoms with Gasteiger partial charge in [0.05, 0.1) is 0 Å². The Morgan fingerprint density at radius 1 is 1.37 bits per heavy atom. The van der Waals surface area contributed by atoms with Gasteiger partial charge < -0.3 is 10.3 Å². The molecule has 0 unspecified atom stereocenters. The molecule has 2 rings (SSSR count). The number of primary amides is 1. The molecule has 0 radical (unpaired) electrons. The molecule has 3 N–H and O–H groups in total. The fourth-order valence-corrected chi connectivity index (χ4v) is 2.04. The van der Waals surface area contributed by atoms with Crippen molar-refractivity contribution >= 4 is 18.1 Å². The number of hydrogen-bond acceptors (Lipinski definition) is 4. The van der Waals surface area contributed by atoms with E-state index in [1.165, 1.54) is 0 Å². The molecule has 2 aromatic rings. The highest BCUT2D eigenvalue weighted by Crippen LogP contribution is 2.16. The van der Waals surface area contributed by atoms with E-state index in [0.29, 0.717) is 17.7 Å². The lowest BCUT2D eigenvalue weighted by atomic mass is 10.2. The molecule has 0 bridgehead atoms. The van der Waals surface area contributed by atoms with Crippen LogP contribution in [0, 0.1) is 4.77 Å². The smallest absolute Gasteiger partial charge is 0.217 e. The Morgan fingerprint density at radius 2 is 2.11 bits per heavy atom. The molecule has 0 fully saturated rings. The Labute approximate surface area is 115 Å². The first-order chi connectivity index (χ1) is 9.18. The van der Waals surface area contributed by atoms with Crippen molar-refractivity contribution in [2.45, 2.75) is 25.8 Å². The third-order valence-electron chi connectivity index (χ3n) is 2.75. The quantitative estimate of drug-likeness (QED) is 0.620. The van der Waals surface area contributed by atoms with Gasteiger partial charge in [0, 0.05) is 30.9 Å². The summed E-state index contributed by atoms with van der Waals surface area (Å²) in [4.78, 5) is 14.7. The highest BCUT2D eigenvalue weighted by atomic mass is 32.1. The largest absolute Gasteiger partial charge is 0.370 e. The zero-order valence-electron chi connectivity index (χ0n) is 10.4. The summed E-state index contributed by atoms with van der Waals surface area (Å²) in [6, 6.07) is 3.76. The maximum atomic E-state index is 10.7. The van der Waals surface area contributed by atoms with Crippen LogP contribution in [-0.4, -0.2) is 25.7 Å². The van der Waals surface area contributed by atoms with Gasteiger partial charge in [0.2, 0.25) is 5.91 Å². The van der Waals surface area contributed by atoms with Crippen molar-refractivity contribution < 1.29 is 4.79 Å². The minimum atomic E-state index is -0.273. The average molecular weight is 277 g/mol. The van der Waals surface area contributed by atoms with E-state index in [2.05, 4.69) is 15.2 Å². The summed E-state index contributed by atoms with van der Waals surface area (Å²) in [7, 11) is 0. The standard InChI is InChI=1S/C12H15N5OS/c13-10(18)3-1-2-8-17-11(15-16-12(17)19)9-4-6-14-7-5-9/h4-7H,1-3,8H2,(H2,13,18)(H,16,19). The van der Waals surface area contributed by atoms with Gasteiger partial charge in [-0.15, -0.1) is 0 Å². The molecule has 1 amide bonds. The van der Waals surface area contributed by atoms with Gasteiger partial charge in [0.1, 0.15) is 0 Å². The summed E-state index contributed by atoms with van der Waals surface area (Å²) in [5.41, 5.74) is 6.07. The first-order valence-electron chi connectivity index (χ1n) is 6.02. The fourth-order valence-electron chi connectivity index (χ4n) is 1.82. The zero-order chi connectivity index (χ0) is 13.7. The number of unbranched alkanes of at least 4 members (excludes halogenated alkanes) is 1. The number of hydrogen-bond donors (Lipinski definition) is 2. The number of nitrogens with zero attached hydrogens (tertiary/aromatic N) is 3. The van der Waals surface area contributed by atoms with Crippen molar-refractivity contribution in [3.63, 3.8) is 0 Å². The molecule has 2 aromatic heterocycles. The number of carbonyl (C=O) groups excluding carboxylic acids is 1. The number of amides is 1. The number of nitrogens with two attached hydrogens (primary N) is 1. The first kappa shape index (κ1) is 13.4. The minimum Gasteiger partial charge on any atom is -0.370 e. The fraction of sp³-hybridized carbons (Fsp3) is 0.333. The van der Waals surface area contributed by atoms with E-state index in [0.717, 1.165) is 24.2 Å². The van der Waals surface area contributed by atoms with E-state index in [1.54, 1.807) is 12.4 Å². The van der Waals surface area contributed by atoms with E-state index < -0.39 is 0 Å². The van der Waals surface area contributed by atoms with Gasteiger partial charge in [0.25, 0.3) is 0 Å². The number of H-pyrrole nitrogens is 1. The van der Waals surface area contributed by atoms with E-state index in [4.69, 9.17) is 18.0 Å². The van der Waals surface area contributed by atoms with Crippen molar-refractivity contribution in [3.05, 3.63) is 29.3 Å². The molecule has 2 heterocycles. The topological polar surface area (TPSA) is 89.6 Å². The van der Waals surface area contributed by atoms with Crippen molar-refractivity contribution in [1.82, 2.24) is 19.7 Å². The summed E-state index contributed by atoms with van der Waals surface area (Å²) in [5, 5.41) is 7.02. The predicted molar refractivity (Wildman–Crippen MR) is 73.7 cm³/mol. The van der Waals surface area contributed by atoms with E-state index in [9.17, 15) is 4.79 Å². The number of aromatic amines is 1. The predicted octanol–water partition coefficient (Wildman–Crippen LogP) is 1.66. The Morgan fingerprint density at radius 3 is 2.79 bits per heavy atom. The molecule has 6 nitrogen and oxygen atoms in total. The van der Waals surface area contributed by atoms with Crippen molar-refractivity contribution in [2.75, 3.05) is 0 Å². The van der Waals surface area contributed by atoms with Crippen molar-refractivity contribution in [2.24, 2.45) is 5.73 Å². The van der Waals surface area contributed by atoms with Crippen LogP contribution in [0.3, 0.4) is 0 Å². The Balaban J connectivity index is 2.10. The molecule has 0 aliphatic carbocycles. The van der Waals surface area contributed by atoms with Crippen LogP contribution in [0.4, 0.5) is 0 Å². The summed E-state index contributed by atoms with van der Waals surface area (Å²) < 4.78 is 2.50. The molecule has 7 heteroatoms. The van der Waals surface area contributed by atoms with Crippen LogP contribution in [0.5, 0.6) is 0 Å². The lowest BCUT2D eigenvalue weighted by molar-refractivity contribution is -0.118. The molecule has 0 aliphatic rings. The number of carbonyl (C=O) groups is 1. The van der Waals surface area contributed by atoms with Gasteiger partial charge in [-0.25, -0.2) is 0 Å². The molecule has 0 saturated heterocycles. The Hall–Kier alpha value is -2.02. The molecule has 100 valence electrons. The highest BCUT2D eigenvalue weighted by molar-refractivity contribution is 7.71. The number of pyridine rings is 1. The first-order valence-corrected chi connectivity index (χ1v) is 6.43. The maximum Gasteiger partial charge on any atom is 0.217 e. The summed E-state index contributed by atoms with van der Waals surface area (Å²) in [6.45, 7) is 0.709. The molecular formula is C12H15N5OS. The van der Waals surface area contributed by atoms with Crippen LogP contribution in [-0.2, 0) is 11.3 Å². The second-order valence-corrected chi connectivity index (χ2v) is 4.55. The summed E-state index contributed by atoms with van der Waals surface area (Å²) >= 11 is 5.21. The van der Waals surface area contributed by atoms with Crippen LogP contribution in [0.25, 0.3) is 11.4 Å².